The van der Waals surface area contributed by atoms with Crippen LogP contribution in [-0.2, 0) is 6.42 Å². The van der Waals surface area contributed by atoms with Crippen LogP contribution >= 0.6 is 11.6 Å². The van der Waals surface area contributed by atoms with Crippen LogP contribution in [0.15, 0.2) is 47.8 Å². The van der Waals surface area contributed by atoms with Crippen LogP contribution in [0, 0.1) is 6.92 Å². The van der Waals surface area contributed by atoms with Crippen LogP contribution in [-0.4, -0.2) is 52.5 Å². The van der Waals surface area contributed by atoms with Crippen molar-refractivity contribution in [2.45, 2.75) is 32.7 Å². The highest BCUT2D eigenvalue weighted by molar-refractivity contribution is 6.32. The van der Waals surface area contributed by atoms with Crippen molar-refractivity contribution in [2.24, 2.45) is 4.99 Å². The van der Waals surface area contributed by atoms with Gasteiger partial charge in [-0.2, -0.15) is 0 Å². The second-order valence-corrected chi connectivity index (χ2v) is 7.96. The fraction of sp³-hybridized carbons (Fsp3) is 0.409. The summed E-state index contributed by atoms with van der Waals surface area (Å²) in [6.07, 6.45) is 7.73. The number of hydrogen-bond acceptors (Lipinski definition) is 4. The maximum atomic E-state index is 6.30. The van der Waals surface area contributed by atoms with Gasteiger partial charge in [0.25, 0.3) is 0 Å². The highest BCUT2D eigenvalue weighted by Gasteiger charge is 2.25. The van der Waals surface area contributed by atoms with E-state index in [-0.39, 0.29) is 0 Å². The number of anilines is 1. The van der Waals surface area contributed by atoms with E-state index in [2.05, 4.69) is 51.0 Å². The molecule has 0 amide bonds. The Kier molecular flexibility index (Phi) is 6.38. The molecule has 1 fully saturated rings. The highest BCUT2D eigenvalue weighted by Crippen LogP contribution is 2.25. The van der Waals surface area contributed by atoms with E-state index in [1.165, 1.54) is 5.56 Å². The average molecular weight is 426 g/mol. The molecule has 7 nitrogen and oxygen atoms in total. The molecule has 1 aliphatic heterocycles. The Morgan fingerprint density at radius 2 is 2.23 bits per heavy atom. The van der Waals surface area contributed by atoms with E-state index < -0.39 is 0 Å². The zero-order valence-electron chi connectivity index (χ0n) is 17.5. The standard InChI is InChI=1S/C22H28ClN7/c1-3-24-22(26-11-8-17-14-29-12-5-6-16(2)20(29)27-17)28-18-9-13-30(15-18)21-19(23)7-4-10-25-21/h4-7,10,12,14,18H,3,8-9,11,13,15H2,1-2H3,(H2,24,26,28). The summed E-state index contributed by atoms with van der Waals surface area (Å²) in [4.78, 5) is 16.2. The van der Waals surface area contributed by atoms with Gasteiger partial charge in [-0.05, 0) is 44.0 Å². The van der Waals surface area contributed by atoms with Gasteiger partial charge in [0.15, 0.2) is 5.96 Å². The van der Waals surface area contributed by atoms with Gasteiger partial charge in [0.1, 0.15) is 11.5 Å². The summed E-state index contributed by atoms with van der Waals surface area (Å²) in [5.74, 6) is 1.70. The first-order chi connectivity index (χ1) is 14.6. The molecular weight excluding hydrogens is 398 g/mol. The van der Waals surface area contributed by atoms with Crippen LogP contribution in [0.2, 0.25) is 5.02 Å². The Bertz CT molecular complexity index is 1030. The van der Waals surface area contributed by atoms with Crippen molar-refractivity contribution in [1.29, 1.82) is 0 Å². The van der Waals surface area contributed by atoms with Crippen molar-refractivity contribution < 1.29 is 0 Å². The molecule has 158 valence electrons. The lowest BCUT2D eigenvalue weighted by Gasteiger charge is -2.20. The molecule has 2 N–H and O–H groups in total. The fourth-order valence-electron chi connectivity index (χ4n) is 3.80. The normalized spacial score (nSPS) is 17.0. The zero-order chi connectivity index (χ0) is 20.9. The van der Waals surface area contributed by atoms with E-state index in [0.717, 1.165) is 55.6 Å². The molecule has 0 saturated carbocycles. The first kappa shape index (κ1) is 20.5. The number of halogens is 1. The smallest absolute Gasteiger partial charge is 0.191 e. The van der Waals surface area contributed by atoms with Crippen LogP contribution in [0.5, 0.6) is 0 Å². The van der Waals surface area contributed by atoms with Gasteiger partial charge in [0.05, 0.1) is 10.7 Å². The van der Waals surface area contributed by atoms with E-state index in [1.807, 2.05) is 24.4 Å². The first-order valence-electron chi connectivity index (χ1n) is 10.5. The third-order valence-corrected chi connectivity index (χ3v) is 5.57. The van der Waals surface area contributed by atoms with Crippen molar-refractivity contribution in [3.8, 4) is 0 Å². The molecule has 1 saturated heterocycles. The van der Waals surface area contributed by atoms with Crippen molar-refractivity contribution in [1.82, 2.24) is 25.0 Å². The molecule has 0 bridgehead atoms. The number of hydrogen-bond donors (Lipinski definition) is 2. The Hall–Kier alpha value is -2.80. The number of pyridine rings is 2. The molecule has 1 atom stereocenters. The number of fused-ring (bicyclic) bond motifs is 1. The Morgan fingerprint density at radius 3 is 3.03 bits per heavy atom. The molecular formula is C22H28ClN7. The predicted molar refractivity (Wildman–Crippen MR) is 123 cm³/mol. The second kappa shape index (κ2) is 9.34. The number of aromatic nitrogens is 3. The quantitative estimate of drug-likeness (QED) is 0.469. The van der Waals surface area contributed by atoms with Crippen LogP contribution in [0.4, 0.5) is 5.82 Å². The number of imidazole rings is 1. The molecule has 1 aliphatic rings. The molecule has 0 aromatic carbocycles. The minimum Gasteiger partial charge on any atom is -0.357 e. The third kappa shape index (κ3) is 4.67. The third-order valence-electron chi connectivity index (χ3n) is 5.28. The summed E-state index contributed by atoms with van der Waals surface area (Å²) in [6.45, 7) is 7.45. The lowest BCUT2D eigenvalue weighted by molar-refractivity contribution is 0.648. The average Bonchev–Trinajstić information content (AvgIpc) is 3.36. The minimum atomic E-state index is 0.304. The zero-order valence-corrected chi connectivity index (χ0v) is 18.2. The first-order valence-corrected chi connectivity index (χ1v) is 10.9. The largest absolute Gasteiger partial charge is 0.357 e. The fourth-order valence-corrected chi connectivity index (χ4v) is 4.04. The SMILES string of the molecule is CCNC(=NCCc1cn2cccc(C)c2n1)NC1CCN(c2ncccc2Cl)C1. The Labute approximate surface area is 182 Å². The number of rotatable bonds is 6. The Balaban J connectivity index is 1.35. The summed E-state index contributed by atoms with van der Waals surface area (Å²) in [7, 11) is 0. The maximum absolute atomic E-state index is 6.30. The Morgan fingerprint density at radius 1 is 1.33 bits per heavy atom. The number of nitrogens with one attached hydrogen (secondary N) is 2. The lowest BCUT2D eigenvalue weighted by Crippen LogP contribution is -2.44. The summed E-state index contributed by atoms with van der Waals surface area (Å²) >= 11 is 6.30. The molecule has 8 heteroatoms. The molecule has 3 aromatic rings. The second-order valence-electron chi connectivity index (χ2n) is 7.55. The van der Waals surface area contributed by atoms with Crippen molar-refractivity contribution in [3.63, 3.8) is 0 Å². The number of aliphatic imine (C=N–C) groups is 1. The molecule has 0 spiro atoms. The maximum Gasteiger partial charge on any atom is 0.191 e. The molecule has 0 aliphatic carbocycles. The molecule has 4 rings (SSSR count). The van der Waals surface area contributed by atoms with Crippen molar-refractivity contribution >= 4 is 29.0 Å². The van der Waals surface area contributed by atoms with Gasteiger partial charge in [0.2, 0.25) is 0 Å². The van der Waals surface area contributed by atoms with Gasteiger partial charge in [-0.3, -0.25) is 4.99 Å². The van der Waals surface area contributed by atoms with Gasteiger partial charge in [-0.15, -0.1) is 0 Å². The number of nitrogens with zero attached hydrogens (tertiary/aromatic N) is 5. The highest BCUT2D eigenvalue weighted by atomic mass is 35.5. The van der Waals surface area contributed by atoms with E-state index in [4.69, 9.17) is 21.6 Å². The van der Waals surface area contributed by atoms with Gasteiger partial charge in [-0.25, -0.2) is 9.97 Å². The summed E-state index contributed by atoms with van der Waals surface area (Å²) in [6, 6.07) is 8.18. The van der Waals surface area contributed by atoms with Gasteiger partial charge < -0.3 is 19.9 Å². The van der Waals surface area contributed by atoms with Crippen LogP contribution in [0.1, 0.15) is 24.6 Å². The van der Waals surface area contributed by atoms with Gasteiger partial charge >= 0.3 is 0 Å². The predicted octanol–water partition coefficient (Wildman–Crippen LogP) is 3.07. The van der Waals surface area contributed by atoms with Crippen molar-refractivity contribution in [3.05, 3.63) is 59.1 Å². The molecule has 30 heavy (non-hydrogen) atoms. The number of aryl methyl sites for hydroxylation is 1. The molecule has 1 unspecified atom stereocenters. The summed E-state index contributed by atoms with van der Waals surface area (Å²) < 4.78 is 2.08. The summed E-state index contributed by atoms with van der Waals surface area (Å²) in [5, 5.41) is 7.61. The van der Waals surface area contributed by atoms with E-state index in [1.54, 1.807) is 6.20 Å². The molecule has 3 aromatic heterocycles. The van der Waals surface area contributed by atoms with Crippen LogP contribution < -0.4 is 15.5 Å². The molecule has 4 heterocycles. The van der Waals surface area contributed by atoms with E-state index in [0.29, 0.717) is 17.6 Å². The van der Waals surface area contributed by atoms with Crippen LogP contribution in [0.25, 0.3) is 5.65 Å². The number of guanidine groups is 1. The minimum absolute atomic E-state index is 0.304. The van der Waals surface area contributed by atoms with Crippen LogP contribution in [0.3, 0.4) is 0 Å². The monoisotopic (exact) mass is 425 g/mol. The topological polar surface area (TPSA) is 69.8 Å². The van der Waals surface area contributed by atoms with Gasteiger partial charge in [-0.1, -0.05) is 17.7 Å². The van der Waals surface area contributed by atoms with Crippen molar-refractivity contribution in [2.75, 3.05) is 31.1 Å². The molecule has 0 radical (unpaired) electrons. The lowest BCUT2D eigenvalue weighted by atomic mass is 10.3. The van der Waals surface area contributed by atoms with E-state index in [9.17, 15) is 0 Å². The van der Waals surface area contributed by atoms with Gasteiger partial charge in [0, 0.05) is 57.2 Å². The summed E-state index contributed by atoms with van der Waals surface area (Å²) in [5.41, 5.74) is 3.25. The van der Waals surface area contributed by atoms with E-state index >= 15 is 0 Å².